The molecule has 2 aromatic rings. The number of carbonyl (C=O) groups excluding carboxylic acids is 4. The summed E-state index contributed by atoms with van der Waals surface area (Å²) in [5, 5.41) is 0. The molecule has 10 heteroatoms. The van der Waals surface area contributed by atoms with Crippen molar-refractivity contribution >= 4 is 35.5 Å². The molecule has 0 aromatic heterocycles. The Kier molecular flexibility index (Phi) is 11.2. The third-order valence-electron chi connectivity index (χ3n) is 4.54. The summed E-state index contributed by atoms with van der Waals surface area (Å²) in [6.07, 6.45) is 1.70. The molecule has 0 saturated heterocycles. The Morgan fingerprint density at radius 3 is 1.60 bits per heavy atom. The van der Waals surface area contributed by atoms with Gasteiger partial charge in [0.05, 0.1) is 47.9 Å². The molecule has 0 fully saturated rings. The Bertz CT molecular complexity index is 1070. The monoisotopic (exact) mass is 482 g/mol. The standard InChI is InChI=1S/C25H26N2O8/c1-17(33-14-19(3)35-25(31)21-6-10-23(11-7-21)27-16-29)12-32-18(2)13-34-24(30)20-4-8-22(9-5-20)26-15-28/h4-11,17-19H,12-14H2,1-3H3. The lowest BCUT2D eigenvalue weighted by Crippen LogP contribution is -2.28. The molecule has 0 heterocycles. The van der Waals surface area contributed by atoms with E-state index in [1.165, 1.54) is 60.7 Å². The lowest BCUT2D eigenvalue weighted by atomic mass is 10.2. The molecule has 0 radical (unpaired) electrons. The molecule has 3 atom stereocenters. The highest BCUT2D eigenvalue weighted by Crippen LogP contribution is 2.14. The van der Waals surface area contributed by atoms with Crippen LogP contribution in [-0.2, 0) is 28.5 Å². The highest BCUT2D eigenvalue weighted by Gasteiger charge is 2.15. The average molecular weight is 482 g/mol. The Morgan fingerprint density at radius 1 is 0.686 bits per heavy atom. The number of rotatable bonds is 13. The van der Waals surface area contributed by atoms with Crippen LogP contribution in [0.25, 0.3) is 0 Å². The number of isocyanates is 2. The number of hydrogen-bond donors (Lipinski definition) is 0. The maximum atomic E-state index is 12.2. The van der Waals surface area contributed by atoms with Crippen LogP contribution in [0.3, 0.4) is 0 Å². The van der Waals surface area contributed by atoms with Crippen molar-refractivity contribution in [1.82, 2.24) is 0 Å². The van der Waals surface area contributed by atoms with Crippen LogP contribution >= 0.6 is 0 Å². The van der Waals surface area contributed by atoms with E-state index in [9.17, 15) is 19.2 Å². The van der Waals surface area contributed by atoms with Crippen LogP contribution in [0.5, 0.6) is 0 Å². The quantitative estimate of drug-likeness (QED) is 0.239. The molecule has 0 bridgehead atoms. The number of carbonyl (C=O) groups is 2. The zero-order valence-corrected chi connectivity index (χ0v) is 19.6. The number of esters is 2. The van der Waals surface area contributed by atoms with Gasteiger partial charge in [-0.1, -0.05) is 0 Å². The van der Waals surface area contributed by atoms with Crippen LogP contribution in [0.4, 0.5) is 11.4 Å². The molecule has 2 aromatic carbocycles. The van der Waals surface area contributed by atoms with E-state index in [0.717, 1.165) is 0 Å². The number of aliphatic imine (C=N–C) groups is 2. The van der Waals surface area contributed by atoms with E-state index in [2.05, 4.69) is 9.98 Å². The molecule has 2 rings (SSSR count). The van der Waals surface area contributed by atoms with Crippen molar-refractivity contribution in [2.24, 2.45) is 9.98 Å². The SMILES string of the molecule is CC(COC(=O)c1ccc(N=C=O)cc1)OCC(C)OCC(C)OC(=O)c1ccc(N=C=O)cc1. The third-order valence-corrected chi connectivity index (χ3v) is 4.54. The molecule has 3 unspecified atom stereocenters. The van der Waals surface area contributed by atoms with E-state index in [-0.39, 0.29) is 32.0 Å². The van der Waals surface area contributed by atoms with Gasteiger partial charge in [0.25, 0.3) is 0 Å². The van der Waals surface area contributed by atoms with E-state index in [1.807, 2.05) is 6.92 Å². The van der Waals surface area contributed by atoms with E-state index in [4.69, 9.17) is 18.9 Å². The smallest absolute Gasteiger partial charge is 0.338 e. The van der Waals surface area contributed by atoms with Crippen LogP contribution in [0.15, 0.2) is 58.5 Å². The fraction of sp³-hybridized carbons (Fsp3) is 0.360. The van der Waals surface area contributed by atoms with Crippen molar-refractivity contribution in [3.05, 3.63) is 59.7 Å². The number of benzene rings is 2. The zero-order valence-electron chi connectivity index (χ0n) is 19.6. The Morgan fingerprint density at radius 2 is 1.11 bits per heavy atom. The first-order chi connectivity index (χ1) is 16.8. The molecule has 10 nitrogen and oxygen atoms in total. The largest absolute Gasteiger partial charge is 0.459 e. The van der Waals surface area contributed by atoms with E-state index in [1.54, 1.807) is 13.8 Å². The lowest BCUT2D eigenvalue weighted by molar-refractivity contribution is -0.0682. The molecule has 0 amide bonds. The predicted molar refractivity (Wildman–Crippen MR) is 124 cm³/mol. The number of nitrogens with zero attached hydrogens (tertiary/aromatic N) is 2. The molecule has 0 N–H and O–H groups in total. The fourth-order valence-corrected chi connectivity index (χ4v) is 2.71. The summed E-state index contributed by atoms with van der Waals surface area (Å²) in [5.41, 5.74) is 1.44. The molecule has 0 spiro atoms. The molecule has 0 saturated carbocycles. The Labute approximate surface area is 202 Å². The van der Waals surface area contributed by atoms with Crippen LogP contribution in [0, 0.1) is 0 Å². The van der Waals surface area contributed by atoms with Crippen molar-refractivity contribution in [3.8, 4) is 0 Å². The van der Waals surface area contributed by atoms with Gasteiger partial charge in [-0.3, -0.25) is 0 Å². The second kappa shape index (κ2) is 14.3. The fourth-order valence-electron chi connectivity index (χ4n) is 2.71. The molecule has 0 aliphatic carbocycles. The summed E-state index contributed by atoms with van der Waals surface area (Å²) in [6.45, 7) is 5.73. The van der Waals surface area contributed by atoms with E-state index < -0.39 is 18.0 Å². The van der Waals surface area contributed by atoms with Gasteiger partial charge in [0.1, 0.15) is 12.7 Å². The molecule has 184 valence electrons. The second-order valence-corrected chi connectivity index (χ2v) is 7.60. The first-order valence-electron chi connectivity index (χ1n) is 10.8. The van der Waals surface area contributed by atoms with Crippen molar-refractivity contribution in [2.45, 2.75) is 39.1 Å². The van der Waals surface area contributed by atoms with Crippen molar-refractivity contribution in [3.63, 3.8) is 0 Å². The zero-order chi connectivity index (χ0) is 25.6. The Hall–Kier alpha value is -3.94. The number of ether oxygens (including phenoxy) is 4. The highest BCUT2D eigenvalue weighted by molar-refractivity contribution is 5.90. The summed E-state index contributed by atoms with van der Waals surface area (Å²) in [5.74, 6) is -1.04. The van der Waals surface area contributed by atoms with Crippen molar-refractivity contribution in [1.29, 1.82) is 0 Å². The van der Waals surface area contributed by atoms with Gasteiger partial charge in [0, 0.05) is 0 Å². The average Bonchev–Trinajstić information content (AvgIpc) is 2.86. The van der Waals surface area contributed by atoms with Crippen LogP contribution in [0.1, 0.15) is 41.5 Å². The minimum absolute atomic E-state index is 0.0464. The van der Waals surface area contributed by atoms with Gasteiger partial charge in [-0.05, 0) is 69.3 Å². The van der Waals surface area contributed by atoms with Gasteiger partial charge in [-0.2, -0.15) is 9.98 Å². The first kappa shape index (κ1) is 27.3. The van der Waals surface area contributed by atoms with Gasteiger partial charge in [0.2, 0.25) is 12.2 Å². The van der Waals surface area contributed by atoms with Gasteiger partial charge in [-0.15, -0.1) is 0 Å². The normalized spacial score (nSPS) is 12.9. The van der Waals surface area contributed by atoms with Gasteiger partial charge in [-0.25, -0.2) is 19.2 Å². The third kappa shape index (κ3) is 9.83. The molecule has 0 aliphatic rings. The molecular formula is C25H26N2O8. The van der Waals surface area contributed by atoms with Crippen LogP contribution < -0.4 is 0 Å². The minimum atomic E-state index is -0.520. The Balaban J connectivity index is 1.65. The van der Waals surface area contributed by atoms with E-state index >= 15 is 0 Å². The molecular weight excluding hydrogens is 456 g/mol. The predicted octanol–water partition coefficient (Wildman–Crippen LogP) is 3.83. The lowest BCUT2D eigenvalue weighted by Gasteiger charge is -2.20. The van der Waals surface area contributed by atoms with Gasteiger partial charge in [0.15, 0.2) is 0 Å². The molecule has 0 aliphatic heterocycles. The second-order valence-electron chi connectivity index (χ2n) is 7.60. The van der Waals surface area contributed by atoms with Crippen molar-refractivity contribution < 1.29 is 38.1 Å². The summed E-state index contributed by atoms with van der Waals surface area (Å²) >= 11 is 0. The summed E-state index contributed by atoms with van der Waals surface area (Å²) < 4.78 is 21.9. The van der Waals surface area contributed by atoms with Gasteiger partial charge < -0.3 is 18.9 Å². The maximum absolute atomic E-state index is 12.2. The molecule has 35 heavy (non-hydrogen) atoms. The maximum Gasteiger partial charge on any atom is 0.338 e. The minimum Gasteiger partial charge on any atom is -0.459 e. The van der Waals surface area contributed by atoms with Crippen molar-refractivity contribution in [2.75, 3.05) is 19.8 Å². The highest BCUT2D eigenvalue weighted by atomic mass is 16.6. The van der Waals surface area contributed by atoms with Crippen LogP contribution in [0.2, 0.25) is 0 Å². The van der Waals surface area contributed by atoms with Gasteiger partial charge >= 0.3 is 11.9 Å². The van der Waals surface area contributed by atoms with E-state index in [0.29, 0.717) is 22.5 Å². The topological polar surface area (TPSA) is 130 Å². The summed E-state index contributed by atoms with van der Waals surface area (Å²) in [7, 11) is 0. The number of hydrogen-bond acceptors (Lipinski definition) is 10. The summed E-state index contributed by atoms with van der Waals surface area (Å²) in [6, 6.07) is 12.1. The summed E-state index contributed by atoms with van der Waals surface area (Å²) in [4.78, 5) is 51.7. The first-order valence-corrected chi connectivity index (χ1v) is 10.8. The van der Waals surface area contributed by atoms with Crippen LogP contribution in [-0.4, -0.2) is 62.2 Å².